The predicted molar refractivity (Wildman–Crippen MR) is 191 cm³/mol. The zero-order chi connectivity index (χ0) is 42.9. The van der Waals surface area contributed by atoms with Crippen LogP contribution >= 0.6 is 0 Å². The number of esters is 6. The minimum absolute atomic E-state index is 0.0431. The van der Waals surface area contributed by atoms with Gasteiger partial charge in [-0.2, -0.15) is 0 Å². The van der Waals surface area contributed by atoms with Crippen LogP contribution in [0.4, 0.5) is 0 Å². The molecule has 2 saturated carbocycles. The van der Waals surface area contributed by atoms with E-state index in [0.717, 1.165) is 50.6 Å². The van der Waals surface area contributed by atoms with E-state index in [1.165, 1.54) is 39.2 Å². The average molecular weight is 815 g/mol. The molecule has 6 rings (SSSR count). The molecule has 1 spiro atoms. The Kier molecular flexibility index (Phi) is 10.8. The highest BCUT2D eigenvalue weighted by molar-refractivity contribution is 5.91. The molecule has 4 heterocycles. The van der Waals surface area contributed by atoms with Crippen molar-refractivity contribution in [3.63, 3.8) is 0 Å². The molecule has 0 amide bonds. The van der Waals surface area contributed by atoms with Gasteiger partial charge in [-0.15, -0.1) is 0 Å². The van der Waals surface area contributed by atoms with Crippen molar-refractivity contribution < 1.29 is 77.2 Å². The predicted octanol–water partition coefficient (Wildman–Crippen LogP) is -0.115. The van der Waals surface area contributed by atoms with Crippen LogP contribution in [-0.4, -0.2) is 127 Å². The summed E-state index contributed by atoms with van der Waals surface area (Å²) in [6, 6.07) is 5.08. The third-order valence-electron chi connectivity index (χ3n) is 12.2. The summed E-state index contributed by atoms with van der Waals surface area (Å²) in [6.45, 7) is 6.64. The van der Waals surface area contributed by atoms with Crippen molar-refractivity contribution in [3.05, 3.63) is 63.8 Å². The maximum absolute atomic E-state index is 14.3. The maximum Gasteiger partial charge on any atom is 0.340 e. The zero-order valence-corrected chi connectivity index (χ0v) is 33.0. The molecule has 314 valence electrons. The zero-order valence-electron chi connectivity index (χ0n) is 33.0. The first-order valence-corrected chi connectivity index (χ1v) is 18.5. The second-order valence-electron chi connectivity index (χ2n) is 15.8. The van der Waals surface area contributed by atoms with E-state index in [0.29, 0.717) is 0 Å². The lowest BCUT2D eigenvalue weighted by Crippen LogP contribution is -2.88. The molecule has 19 heteroatoms. The number of cyclic esters (lactones) is 1. The summed E-state index contributed by atoms with van der Waals surface area (Å²) in [4.78, 5) is 97.3. The largest absolute Gasteiger partial charge is 0.465 e. The quantitative estimate of drug-likeness (QED) is 0.254. The van der Waals surface area contributed by atoms with Gasteiger partial charge in [0.25, 0.3) is 0 Å². The Morgan fingerprint density at radius 3 is 2.19 bits per heavy atom. The number of ether oxygens (including phenoxy) is 7. The molecule has 13 atom stereocenters. The van der Waals surface area contributed by atoms with Gasteiger partial charge in [0.1, 0.15) is 48.8 Å². The van der Waals surface area contributed by atoms with Crippen molar-refractivity contribution in [1.29, 1.82) is 0 Å². The second kappa shape index (κ2) is 14.9. The summed E-state index contributed by atoms with van der Waals surface area (Å²) in [5, 5.41) is 38.8. The summed E-state index contributed by atoms with van der Waals surface area (Å²) in [6.07, 6.45) is -10.2. The molecule has 58 heavy (non-hydrogen) atoms. The normalized spacial score (nSPS) is 37.9. The second-order valence-corrected chi connectivity index (χ2v) is 15.8. The third-order valence-corrected chi connectivity index (χ3v) is 12.2. The number of pyridine rings is 2. The van der Waals surface area contributed by atoms with Crippen molar-refractivity contribution in [1.82, 2.24) is 9.55 Å². The highest BCUT2D eigenvalue weighted by Gasteiger charge is 2.90. The molecule has 2 aliphatic heterocycles. The van der Waals surface area contributed by atoms with E-state index in [4.69, 9.17) is 33.2 Å². The molecule has 4 bridgehead atoms. The van der Waals surface area contributed by atoms with Crippen LogP contribution < -0.4 is 5.56 Å². The van der Waals surface area contributed by atoms with Gasteiger partial charge in [-0.3, -0.25) is 29.0 Å². The lowest BCUT2D eigenvalue weighted by atomic mass is 9.45. The Balaban J connectivity index is 1.69. The number of aromatic nitrogens is 2. The first-order chi connectivity index (χ1) is 27.0. The van der Waals surface area contributed by atoms with Crippen LogP contribution in [0.1, 0.15) is 80.8 Å². The van der Waals surface area contributed by atoms with E-state index in [1.807, 2.05) is 0 Å². The minimum atomic E-state index is -2.85. The van der Waals surface area contributed by atoms with Gasteiger partial charge < -0.3 is 53.0 Å². The fourth-order valence-electron chi connectivity index (χ4n) is 9.32. The summed E-state index contributed by atoms with van der Waals surface area (Å²) in [5.74, 6) is -9.73. The van der Waals surface area contributed by atoms with Gasteiger partial charge in [-0.05, 0) is 32.0 Å². The van der Waals surface area contributed by atoms with Crippen LogP contribution in [0.15, 0.2) is 41.5 Å². The number of fused-ring (bicyclic) bond motifs is 5. The Morgan fingerprint density at radius 2 is 1.57 bits per heavy atom. The van der Waals surface area contributed by atoms with Crippen LogP contribution in [0.2, 0.25) is 0 Å². The Hall–Kier alpha value is -5.24. The molecule has 1 saturated heterocycles. The lowest BCUT2D eigenvalue weighted by molar-refractivity contribution is -0.385. The number of rotatable bonds is 6. The van der Waals surface area contributed by atoms with Crippen molar-refractivity contribution in [2.24, 2.45) is 24.3 Å². The van der Waals surface area contributed by atoms with Crippen LogP contribution in [0.3, 0.4) is 0 Å². The number of hydrogen-bond donors (Lipinski definition) is 3. The smallest absolute Gasteiger partial charge is 0.340 e. The van der Waals surface area contributed by atoms with Gasteiger partial charge in [-0.25, -0.2) is 9.59 Å². The van der Waals surface area contributed by atoms with Crippen LogP contribution in [-0.2, 0) is 59.4 Å². The van der Waals surface area contributed by atoms with Crippen molar-refractivity contribution in [3.8, 4) is 0 Å². The summed E-state index contributed by atoms with van der Waals surface area (Å²) >= 11 is 0. The number of carbonyl (C=O) groups excluding carboxylic acids is 6. The monoisotopic (exact) mass is 814 g/mol. The van der Waals surface area contributed by atoms with Crippen molar-refractivity contribution >= 4 is 35.8 Å². The van der Waals surface area contributed by atoms with Gasteiger partial charge in [0.2, 0.25) is 5.56 Å². The van der Waals surface area contributed by atoms with Gasteiger partial charge in [0, 0.05) is 52.2 Å². The molecule has 4 aliphatic rings. The van der Waals surface area contributed by atoms with E-state index in [-0.39, 0.29) is 16.8 Å². The highest BCUT2D eigenvalue weighted by Crippen LogP contribution is 2.69. The molecule has 2 aliphatic carbocycles. The summed E-state index contributed by atoms with van der Waals surface area (Å²) in [5.41, 5.74) is -10.9. The molecule has 19 nitrogen and oxygen atoms in total. The van der Waals surface area contributed by atoms with Crippen LogP contribution in [0, 0.1) is 17.3 Å². The fourth-order valence-corrected chi connectivity index (χ4v) is 9.32. The van der Waals surface area contributed by atoms with Gasteiger partial charge in [0.15, 0.2) is 17.8 Å². The minimum Gasteiger partial charge on any atom is -0.465 e. The molecular formula is C39H46N2O17. The number of aryl methyl sites for hydroxylation is 1. The number of aliphatic hydroxyl groups excluding tert-OH is 2. The van der Waals surface area contributed by atoms with Crippen molar-refractivity contribution in [2.75, 3.05) is 13.2 Å². The Bertz CT molecular complexity index is 2100. The topological polar surface area (TPSA) is 263 Å². The molecule has 3 N–H and O–H groups in total. The Labute approximate surface area is 331 Å². The number of carbonyl (C=O) groups is 6. The molecule has 0 aromatic carbocycles. The fraction of sp³-hybridized carbons (Fsp3) is 0.590. The summed E-state index contributed by atoms with van der Waals surface area (Å²) in [7, 11) is 1.36. The van der Waals surface area contributed by atoms with Crippen LogP contribution in [0.25, 0.3) is 0 Å². The number of nitrogens with zero attached hydrogens (tertiary/aromatic N) is 2. The molecule has 2 aromatic rings. The van der Waals surface area contributed by atoms with E-state index < -0.39 is 131 Å². The lowest BCUT2D eigenvalue weighted by Gasteiger charge is -2.67. The third kappa shape index (κ3) is 6.34. The first kappa shape index (κ1) is 42.4. The first-order valence-electron chi connectivity index (χ1n) is 18.5. The van der Waals surface area contributed by atoms with Crippen LogP contribution in [0.5, 0.6) is 0 Å². The molecular weight excluding hydrogens is 768 g/mol. The average Bonchev–Trinajstić information content (AvgIpc) is 3.37. The molecule has 2 aromatic heterocycles. The standard InChI is InChI=1S/C39H46N2O17/c1-17-18(2)33(48)57-32-28(56-34(49)22-11-12-24(45)41(8)14-22)30(47)38(16-52-19(3)42)29(46)27(54-20(4)43)25-31(55-21(5)44)39(38,37(32,7)51)58-36(25,6)15-53-35(50)23-10-9-13-40-26(17)23/h9-14,17-18,25,27-32,46-47,51H,15-16H2,1-8H3/t17-,18-,25+,27-,28-,29+,30+,31+,32+,36+,37+,38-,39-/m1/s1. The van der Waals surface area contributed by atoms with E-state index in [9.17, 15) is 48.9 Å². The Morgan fingerprint density at radius 1 is 0.914 bits per heavy atom. The molecule has 0 unspecified atom stereocenters. The SMILES string of the molecule is CC(=O)OC[C@]12[C@@H](O)[C@H](OC(C)=O)[C@H]3[C@H](OC(C)=O)[C@]14O[C@@]3(C)COC(=O)c1cccnc1[C@H](C)[C@@H](C)C(=O)O[C@@H]([C@H](OC(=O)c1ccc(=O)n(C)c1)[C@@H]2O)[C@]4(C)O. The van der Waals surface area contributed by atoms with Gasteiger partial charge >= 0.3 is 35.8 Å². The van der Waals surface area contributed by atoms with Gasteiger partial charge in [-0.1, -0.05) is 13.8 Å². The number of aliphatic hydroxyl groups is 3. The molecule has 0 radical (unpaired) electrons. The van der Waals surface area contributed by atoms with Gasteiger partial charge in [0.05, 0.1) is 34.1 Å². The van der Waals surface area contributed by atoms with E-state index >= 15 is 0 Å². The van der Waals surface area contributed by atoms with E-state index in [1.54, 1.807) is 6.92 Å². The maximum atomic E-state index is 14.3. The number of hydrogen-bond acceptors (Lipinski definition) is 18. The van der Waals surface area contributed by atoms with Crippen molar-refractivity contribution in [2.45, 2.75) is 108 Å². The van der Waals surface area contributed by atoms with E-state index in [2.05, 4.69) is 4.98 Å². The molecule has 3 fully saturated rings. The summed E-state index contributed by atoms with van der Waals surface area (Å²) < 4.78 is 42.9. The highest BCUT2D eigenvalue weighted by atomic mass is 16.7.